The fraction of sp³-hybridized carbons (Fsp3) is 0.375. The van der Waals surface area contributed by atoms with Crippen LogP contribution in [0.3, 0.4) is 0 Å². The average molecular weight is 304 g/mol. The van der Waals surface area contributed by atoms with Crippen molar-refractivity contribution in [1.29, 1.82) is 0 Å². The Morgan fingerprint density at radius 1 is 1.33 bits per heavy atom. The first-order chi connectivity index (χ1) is 10.0. The third-order valence-electron chi connectivity index (χ3n) is 2.83. The van der Waals surface area contributed by atoms with E-state index in [1.165, 1.54) is 17.3 Å². The Morgan fingerprint density at radius 3 is 2.71 bits per heavy atom. The number of nitrogens with one attached hydrogen (secondary N) is 1. The molecule has 1 N–H and O–H groups in total. The van der Waals surface area contributed by atoms with Gasteiger partial charge in [0.2, 0.25) is 5.91 Å². The van der Waals surface area contributed by atoms with E-state index in [-0.39, 0.29) is 11.9 Å². The van der Waals surface area contributed by atoms with Gasteiger partial charge in [-0.05, 0) is 20.8 Å². The van der Waals surface area contributed by atoms with Gasteiger partial charge in [0.25, 0.3) is 0 Å². The molecular weight excluding hydrogens is 284 g/mol. The first-order valence-electron chi connectivity index (χ1n) is 6.94. The predicted molar refractivity (Wildman–Crippen MR) is 86.1 cm³/mol. The fourth-order valence-electron chi connectivity index (χ4n) is 1.85. The Kier molecular flexibility index (Phi) is 5.44. The minimum Gasteiger partial charge on any atom is -0.360 e. The largest absolute Gasteiger partial charge is 0.360 e. The third kappa shape index (κ3) is 4.93. The molecule has 1 amide bonds. The topological polar surface area (TPSA) is 55.1 Å². The highest BCUT2D eigenvalue weighted by Gasteiger charge is 2.08. The maximum absolute atomic E-state index is 11.5. The molecule has 1 heterocycles. The van der Waals surface area contributed by atoms with Crippen LogP contribution >= 0.6 is 11.8 Å². The summed E-state index contributed by atoms with van der Waals surface area (Å²) in [5, 5.41) is 6.93. The zero-order valence-electron chi connectivity index (χ0n) is 12.6. The summed E-state index contributed by atoms with van der Waals surface area (Å²) in [7, 11) is 0. The van der Waals surface area contributed by atoms with E-state index in [0.29, 0.717) is 11.5 Å². The molecule has 0 aliphatic heterocycles. The number of rotatable bonds is 6. The molecule has 2 rings (SSSR count). The maximum atomic E-state index is 11.5. The fourth-order valence-corrected chi connectivity index (χ4v) is 2.56. The van der Waals surface area contributed by atoms with Gasteiger partial charge in [-0.2, -0.15) is 0 Å². The lowest BCUT2D eigenvalue weighted by molar-refractivity contribution is -0.119. The lowest BCUT2D eigenvalue weighted by Crippen LogP contribution is -2.31. The second-order valence-corrected chi connectivity index (χ2v) is 6.25. The third-order valence-corrected chi connectivity index (χ3v) is 3.79. The van der Waals surface area contributed by atoms with Crippen molar-refractivity contribution in [2.45, 2.75) is 32.6 Å². The SMILES string of the molecule is Cc1ccc(-c2cc(CSCC(=O)NC(C)C)on2)cc1. The van der Waals surface area contributed by atoms with Gasteiger partial charge in [-0.15, -0.1) is 11.8 Å². The zero-order valence-corrected chi connectivity index (χ0v) is 13.4. The van der Waals surface area contributed by atoms with E-state index in [0.717, 1.165) is 17.0 Å². The lowest BCUT2D eigenvalue weighted by atomic mass is 10.1. The van der Waals surface area contributed by atoms with E-state index < -0.39 is 0 Å². The molecule has 0 saturated carbocycles. The van der Waals surface area contributed by atoms with Gasteiger partial charge >= 0.3 is 0 Å². The van der Waals surface area contributed by atoms with E-state index >= 15 is 0 Å². The van der Waals surface area contributed by atoms with Gasteiger partial charge in [-0.1, -0.05) is 35.0 Å². The van der Waals surface area contributed by atoms with Crippen LogP contribution in [-0.2, 0) is 10.5 Å². The van der Waals surface area contributed by atoms with Gasteiger partial charge in [0, 0.05) is 17.7 Å². The molecule has 5 heteroatoms. The molecule has 0 unspecified atom stereocenters. The van der Waals surface area contributed by atoms with Crippen molar-refractivity contribution in [1.82, 2.24) is 10.5 Å². The first-order valence-corrected chi connectivity index (χ1v) is 8.10. The Morgan fingerprint density at radius 2 is 2.05 bits per heavy atom. The second-order valence-electron chi connectivity index (χ2n) is 5.26. The molecule has 0 radical (unpaired) electrons. The van der Waals surface area contributed by atoms with Gasteiger partial charge in [0.05, 0.1) is 11.5 Å². The molecule has 0 saturated heterocycles. The summed E-state index contributed by atoms with van der Waals surface area (Å²) in [6.45, 7) is 5.95. The van der Waals surface area contributed by atoms with Gasteiger partial charge in [0.1, 0.15) is 11.5 Å². The van der Waals surface area contributed by atoms with E-state index in [1.54, 1.807) is 0 Å². The van der Waals surface area contributed by atoms with Crippen LogP contribution < -0.4 is 5.32 Å². The van der Waals surface area contributed by atoms with Crippen LogP contribution in [0.2, 0.25) is 0 Å². The van der Waals surface area contributed by atoms with Crippen molar-refractivity contribution in [3.8, 4) is 11.3 Å². The number of carbonyl (C=O) groups is 1. The second kappa shape index (κ2) is 7.31. The van der Waals surface area contributed by atoms with Crippen LogP contribution in [0.25, 0.3) is 11.3 Å². The average Bonchev–Trinajstić information content (AvgIpc) is 2.87. The Balaban J connectivity index is 1.86. The van der Waals surface area contributed by atoms with Gasteiger partial charge in [-0.3, -0.25) is 4.79 Å². The van der Waals surface area contributed by atoms with Crippen molar-refractivity contribution < 1.29 is 9.32 Å². The van der Waals surface area contributed by atoms with Crippen LogP contribution in [-0.4, -0.2) is 22.9 Å². The van der Waals surface area contributed by atoms with Gasteiger partial charge in [0.15, 0.2) is 0 Å². The van der Waals surface area contributed by atoms with Crippen LogP contribution in [0.15, 0.2) is 34.9 Å². The Bertz CT molecular complexity index is 591. The number of carbonyl (C=O) groups excluding carboxylic acids is 1. The molecule has 0 atom stereocenters. The number of benzene rings is 1. The number of aromatic nitrogens is 1. The molecule has 4 nitrogen and oxygen atoms in total. The van der Waals surface area contributed by atoms with Crippen LogP contribution in [0.1, 0.15) is 25.2 Å². The van der Waals surface area contributed by atoms with Crippen molar-refractivity contribution >= 4 is 17.7 Å². The standard InChI is InChI=1S/C16H20N2O2S/c1-11(2)17-16(19)10-21-9-14-8-15(18-20-14)13-6-4-12(3)5-7-13/h4-8,11H,9-10H2,1-3H3,(H,17,19). The number of amides is 1. The molecule has 21 heavy (non-hydrogen) atoms. The summed E-state index contributed by atoms with van der Waals surface area (Å²) in [6.07, 6.45) is 0. The number of thioether (sulfide) groups is 1. The summed E-state index contributed by atoms with van der Waals surface area (Å²) in [5.74, 6) is 1.91. The van der Waals surface area contributed by atoms with Crippen molar-refractivity contribution in [2.75, 3.05) is 5.75 Å². The summed E-state index contributed by atoms with van der Waals surface area (Å²) in [4.78, 5) is 11.5. The number of hydrogen-bond acceptors (Lipinski definition) is 4. The summed E-state index contributed by atoms with van der Waals surface area (Å²) in [6, 6.07) is 10.3. The molecule has 0 aliphatic carbocycles. The summed E-state index contributed by atoms with van der Waals surface area (Å²) < 4.78 is 5.31. The highest BCUT2D eigenvalue weighted by molar-refractivity contribution is 7.99. The molecule has 0 bridgehead atoms. The van der Waals surface area contributed by atoms with Crippen LogP contribution in [0.4, 0.5) is 0 Å². The van der Waals surface area contributed by atoms with Gasteiger partial charge < -0.3 is 9.84 Å². The van der Waals surface area contributed by atoms with Crippen molar-refractivity contribution in [3.05, 3.63) is 41.7 Å². The highest BCUT2D eigenvalue weighted by Crippen LogP contribution is 2.21. The zero-order chi connectivity index (χ0) is 15.2. The molecule has 0 fully saturated rings. The van der Waals surface area contributed by atoms with Crippen LogP contribution in [0.5, 0.6) is 0 Å². The number of nitrogens with zero attached hydrogens (tertiary/aromatic N) is 1. The molecule has 0 spiro atoms. The quantitative estimate of drug-likeness (QED) is 0.888. The molecule has 1 aromatic carbocycles. The monoisotopic (exact) mass is 304 g/mol. The van der Waals surface area contributed by atoms with E-state index in [4.69, 9.17) is 4.52 Å². The minimum atomic E-state index is 0.0493. The van der Waals surface area contributed by atoms with E-state index in [9.17, 15) is 4.79 Å². The number of hydrogen-bond donors (Lipinski definition) is 1. The molecule has 2 aromatic rings. The molecule has 112 valence electrons. The van der Waals surface area contributed by atoms with E-state index in [2.05, 4.69) is 29.5 Å². The predicted octanol–water partition coefficient (Wildman–Crippen LogP) is 3.41. The highest BCUT2D eigenvalue weighted by atomic mass is 32.2. The Hall–Kier alpha value is -1.75. The maximum Gasteiger partial charge on any atom is 0.230 e. The smallest absolute Gasteiger partial charge is 0.230 e. The minimum absolute atomic E-state index is 0.0493. The summed E-state index contributed by atoms with van der Waals surface area (Å²) in [5.41, 5.74) is 3.09. The lowest BCUT2D eigenvalue weighted by Gasteiger charge is -2.06. The molecule has 1 aromatic heterocycles. The van der Waals surface area contributed by atoms with Gasteiger partial charge in [-0.25, -0.2) is 0 Å². The van der Waals surface area contributed by atoms with E-state index in [1.807, 2.05) is 32.0 Å². The van der Waals surface area contributed by atoms with Crippen molar-refractivity contribution in [2.24, 2.45) is 0 Å². The van der Waals surface area contributed by atoms with Crippen molar-refractivity contribution in [3.63, 3.8) is 0 Å². The number of aryl methyl sites for hydroxylation is 1. The first kappa shape index (κ1) is 15.6. The molecular formula is C16H20N2O2S. The summed E-state index contributed by atoms with van der Waals surface area (Å²) >= 11 is 1.52. The Labute approximate surface area is 129 Å². The normalized spacial score (nSPS) is 10.9. The molecule has 0 aliphatic rings. The van der Waals surface area contributed by atoms with Crippen LogP contribution in [0, 0.1) is 6.92 Å².